The topological polar surface area (TPSA) is 87.7 Å². The number of carbonyl (C=O) groups excluding carboxylic acids is 2. The Morgan fingerprint density at radius 3 is 2.78 bits per heavy atom. The van der Waals surface area contributed by atoms with Gasteiger partial charge in [0.05, 0.1) is 16.8 Å². The molecule has 0 saturated carbocycles. The van der Waals surface area contributed by atoms with E-state index in [9.17, 15) is 14.7 Å². The zero-order chi connectivity index (χ0) is 16.0. The minimum atomic E-state index is -1.63. The number of aryl methyl sites for hydroxylation is 1. The van der Waals surface area contributed by atoms with Crippen LogP contribution >= 0.6 is 0 Å². The molecule has 0 radical (unpaired) electrons. The lowest BCUT2D eigenvalue weighted by Gasteiger charge is -2.35. The van der Waals surface area contributed by atoms with Crippen LogP contribution in [0.2, 0.25) is 0 Å². The molecule has 0 aromatic heterocycles. The molecule has 23 heavy (non-hydrogen) atoms. The maximum absolute atomic E-state index is 11.9. The van der Waals surface area contributed by atoms with Gasteiger partial charge in [0.2, 0.25) is 0 Å². The van der Waals surface area contributed by atoms with Crippen LogP contribution in [0.1, 0.15) is 32.7 Å². The molecule has 2 heterocycles. The largest absolute Gasteiger partial charge is 0.444 e. The molecule has 2 aromatic carbocycles. The van der Waals surface area contributed by atoms with Gasteiger partial charge in [-0.05, 0) is 30.2 Å². The number of para-hydroxylation sites is 1. The Morgan fingerprint density at radius 1 is 1.09 bits per heavy atom. The lowest BCUT2D eigenvalue weighted by atomic mass is 10.0. The zero-order valence-electron chi connectivity index (χ0n) is 12.1. The van der Waals surface area contributed by atoms with E-state index in [2.05, 4.69) is 10.6 Å². The number of amides is 2. The van der Waals surface area contributed by atoms with Crippen molar-refractivity contribution >= 4 is 17.5 Å². The molecule has 6 heteroatoms. The van der Waals surface area contributed by atoms with Crippen molar-refractivity contribution in [1.29, 1.82) is 0 Å². The van der Waals surface area contributed by atoms with Crippen molar-refractivity contribution in [3.63, 3.8) is 0 Å². The number of imide groups is 1. The maximum atomic E-state index is 11.9. The molecule has 6 nitrogen and oxygen atoms in total. The van der Waals surface area contributed by atoms with E-state index >= 15 is 0 Å². The number of fused-ring (bicyclic) bond motifs is 2. The highest BCUT2D eigenvalue weighted by molar-refractivity contribution is 6.23. The predicted octanol–water partition coefficient (Wildman–Crippen LogP) is 1.65. The fourth-order valence-corrected chi connectivity index (χ4v) is 2.97. The summed E-state index contributed by atoms with van der Waals surface area (Å²) in [7, 11) is 0. The lowest BCUT2D eigenvalue weighted by molar-refractivity contribution is -0.125. The van der Waals surface area contributed by atoms with Gasteiger partial charge >= 0.3 is 0 Å². The third-order valence-corrected chi connectivity index (χ3v) is 4.08. The first-order chi connectivity index (χ1) is 11.1. The van der Waals surface area contributed by atoms with Crippen molar-refractivity contribution in [3.8, 4) is 5.75 Å². The van der Waals surface area contributed by atoms with Crippen molar-refractivity contribution in [1.82, 2.24) is 5.32 Å². The Hall–Kier alpha value is -2.86. The third-order valence-electron chi connectivity index (χ3n) is 4.08. The third kappa shape index (κ3) is 2.24. The Morgan fingerprint density at radius 2 is 1.91 bits per heavy atom. The average Bonchev–Trinajstić information content (AvgIpc) is 2.83. The van der Waals surface area contributed by atoms with E-state index < -0.39 is 17.7 Å². The molecule has 2 aliphatic rings. The summed E-state index contributed by atoms with van der Waals surface area (Å²) < 4.78 is 5.67. The van der Waals surface area contributed by atoms with Crippen molar-refractivity contribution < 1.29 is 19.4 Å². The Labute approximate surface area is 132 Å². The Balaban J connectivity index is 1.67. The van der Waals surface area contributed by atoms with Crippen LogP contribution in [-0.2, 0) is 6.42 Å². The van der Waals surface area contributed by atoms with Gasteiger partial charge in [-0.1, -0.05) is 24.3 Å². The summed E-state index contributed by atoms with van der Waals surface area (Å²) in [4.78, 5) is 23.7. The van der Waals surface area contributed by atoms with Gasteiger partial charge in [0.1, 0.15) is 5.75 Å². The van der Waals surface area contributed by atoms with Gasteiger partial charge in [-0.2, -0.15) is 0 Å². The first-order valence-electron chi connectivity index (χ1n) is 7.32. The normalized spacial score (nSPS) is 22.0. The van der Waals surface area contributed by atoms with Crippen molar-refractivity contribution in [3.05, 3.63) is 59.2 Å². The van der Waals surface area contributed by atoms with Crippen LogP contribution in [-0.4, -0.2) is 22.8 Å². The quantitative estimate of drug-likeness (QED) is 0.580. The van der Waals surface area contributed by atoms with E-state index in [0.717, 1.165) is 5.56 Å². The van der Waals surface area contributed by atoms with E-state index in [1.54, 1.807) is 24.3 Å². The number of aliphatic hydroxyl groups is 1. The smallest absolute Gasteiger partial charge is 0.290 e. The van der Waals surface area contributed by atoms with Crippen LogP contribution in [0.25, 0.3) is 0 Å². The van der Waals surface area contributed by atoms with E-state index in [1.807, 2.05) is 18.2 Å². The molecule has 1 atom stereocenters. The van der Waals surface area contributed by atoms with Gasteiger partial charge in [-0.3, -0.25) is 14.9 Å². The van der Waals surface area contributed by atoms with Crippen LogP contribution in [0.5, 0.6) is 5.75 Å². The van der Waals surface area contributed by atoms with E-state index in [-0.39, 0.29) is 5.56 Å². The number of hydrogen-bond donors (Lipinski definition) is 3. The van der Waals surface area contributed by atoms with Crippen molar-refractivity contribution in [2.24, 2.45) is 0 Å². The number of rotatable bonds is 2. The highest BCUT2D eigenvalue weighted by Gasteiger charge is 2.37. The summed E-state index contributed by atoms with van der Waals surface area (Å²) in [6, 6.07) is 12.3. The standard InChI is InChI=1S/C17H14N2O4/c20-15-11-5-3-6-12(14(11)16(21)18-15)19-17(22)9-8-10-4-1-2-7-13(10)23-17/h1-7,19,22H,8-9H2,(H,18,20,21). The number of benzene rings is 2. The summed E-state index contributed by atoms with van der Waals surface area (Å²) in [6.07, 6.45) is 0.961. The van der Waals surface area contributed by atoms with Crippen LogP contribution in [0.4, 0.5) is 5.69 Å². The number of nitrogens with one attached hydrogen (secondary N) is 2. The van der Waals surface area contributed by atoms with Crippen molar-refractivity contribution in [2.45, 2.75) is 18.8 Å². The second kappa shape index (κ2) is 4.82. The summed E-state index contributed by atoms with van der Waals surface area (Å²) in [6.45, 7) is 0. The molecule has 0 aliphatic carbocycles. The molecule has 116 valence electrons. The minimum Gasteiger partial charge on any atom is -0.444 e. The minimum absolute atomic E-state index is 0.230. The molecule has 2 aliphatic heterocycles. The second-order valence-corrected chi connectivity index (χ2v) is 5.63. The number of hydrogen-bond acceptors (Lipinski definition) is 5. The van der Waals surface area contributed by atoms with Gasteiger partial charge in [-0.25, -0.2) is 0 Å². The van der Waals surface area contributed by atoms with Crippen LogP contribution < -0.4 is 15.4 Å². The van der Waals surface area contributed by atoms with Crippen molar-refractivity contribution in [2.75, 3.05) is 5.32 Å². The maximum Gasteiger partial charge on any atom is 0.290 e. The Bertz CT molecular complexity index is 833. The molecule has 4 rings (SSSR count). The summed E-state index contributed by atoms with van der Waals surface area (Å²) >= 11 is 0. The number of carbonyl (C=O) groups is 2. The van der Waals surface area contributed by atoms with Gasteiger partial charge in [0.15, 0.2) is 0 Å². The van der Waals surface area contributed by atoms with Crippen LogP contribution in [0.3, 0.4) is 0 Å². The fraction of sp³-hybridized carbons (Fsp3) is 0.176. The first kappa shape index (κ1) is 13.8. The second-order valence-electron chi connectivity index (χ2n) is 5.63. The molecule has 0 bridgehead atoms. The Kier molecular flexibility index (Phi) is 2.89. The first-order valence-corrected chi connectivity index (χ1v) is 7.32. The number of ether oxygens (including phenoxy) is 1. The predicted molar refractivity (Wildman–Crippen MR) is 82.2 cm³/mol. The monoisotopic (exact) mass is 310 g/mol. The summed E-state index contributed by atoms with van der Waals surface area (Å²) in [5.41, 5.74) is 1.91. The van der Waals surface area contributed by atoms with Gasteiger partial charge < -0.3 is 15.2 Å². The molecule has 0 spiro atoms. The molecule has 2 amide bonds. The van der Waals surface area contributed by atoms with E-state index in [4.69, 9.17) is 4.74 Å². The van der Waals surface area contributed by atoms with Crippen LogP contribution in [0, 0.1) is 0 Å². The molecule has 1 unspecified atom stereocenters. The highest BCUT2D eigenvalue weighted by atomic mass is 16.6. The molecular weight excluding hydrogens is 296 g/mol. The highest BCUT2D eigenvalue weighted by Crippen LogP contribution is 2.34. The van der Waals surface area contributed by atoms with Gasteiger partial charge in [-0.15, -0.1) is 0 Å². The average molecular weight is 310 g/mol. The molecule has 0 saturated heterocycles. The molecule has 0 fully saturated rings. The number of anilines is 1. The van der Waals surface area contributed by atoms with Gasteiger partial charge in [0.25, 0.3) is 17.7 Å². The zero-order valence-corrected chi connectivity index (χ0v) is 12.1. The summed E-state index contributed by atoms with van der Waals surface area (Å²) in [5, 5.41) is 15.8. The van der Waals surface area contributed by atoms with E-state index in [1.165, 1.54) is 0 Å². The van der Waals surface area contributed by atoms with Gasteiger partial charge in [0, 0.05) is 6.42 Å². The molecule has 2 aromatic rings. The lowest BCUT2D eigenvalue weighted by Crippen LogP contribution is -2.47. The fourth-order valence-electron chi connectivity index (χ4n) is 2.97. The summed E-state index contributed by atoms with van der Waals surface area (Å²) in [5.74, 6) is -1.94. The SMILES string of the molecule is O=C1NC(=O)c2c(NC3(O)CCc4ccccc4O3)cccc21. The van der Waals surface area contributed by atoms with Crippen LogP contribution in [0.15, 0.2) is 42.5 Å². The molecule has 3 N–H and O–H groups in total. The van der Waals surface area contributed by atoms with E-state index in [0.29, 0.717) is 29.8 Å². The molecular formula is C17H14N2O4.